The van der Waals surface area contributed by atoms with Gasteiger partial charge in [0.25, 0.3) is 0 Å². The number of aliphatic imine (C=N–C) groups is 1. The largest absolute Gasteiger partial charge is 0.449 e. The third-order valence-electron chi connectivity index (χ3n) is 4.08. The first-order chi connectivity index (χ1) is 11.4. The molecule has 126 valence electrons. The maximum absolute atomic E-state index is 14.4. The van der Waals surface area contributed by atoms with E-state index in [0.717, 1.165) is 5.75 Å². The standard InChI is InChI=1S/C17H18FN3O2S/c1-10-20-14(9-23-10)15(22)8-11-3-4-13(18)12(7-11)17(2)5-6-24-16(19)21-17/h3-4,7,9H,5-6,8H2,1-2H3,(H2,19,21)/t17-/m0/s1. The van der Waals surface area contributed by atoms with Crippen LogP contribution < -0.4 is 5.73 Å². The van der Waals surface area contributed by atoms with Crippen molar-refractivity contribution in [3.8, 4) is 0 Å². The Hall–Kier alpha value is -2.15. The number of aryl methyl sites for hydroxylation is 1. The fraction of sp³-hybridized carbons (Fsp3) is 0.353. The van der Waals surface area contributed by atoms with Gasteiger partial charge in [-0.25, -0.2) is 9.37 Å². The van der Waals surface area contributed by atoms with E-state index in [9.17, 15) is 9.18 Å². The van der Waals surface area contributed by atoms with E-state index in [1.54, 1.807) is 19.1 Å². The minimum Gasteiger partial charge on any atom is -0.449 e. The van der Waals surface area contributed by atoms with E-state index in [1.807, 2.05) is 6.92 Å². The average molecular weight is 347 g/mol. The van der Waals surface area contributed by atoms with Gasteiger partial charge in [0.05, 0.1) is 5.54 Å². The van der Waals surface area contributed by atoms with Crippen molar-refractivity contribution in [2.24, 2.45) is 10.7 Å². The summed E-state index contributed by atoms with van der Waals surface area (Å²) in [6.45, 7) is 3.54. The third kappa shape index (κ3) is 3.36. The fourth-order valence-electron chi connectivity index (χ4n) is 2.74. The van der Waals surface area contributed by atoms with Gasteiger partial charge in [0.2, 0.25) is 0 Å². The number of rotatable bonds is 4. The number of benzene rings is 1. The minimum atomic E-state index is -0.705. The van der Waals surface area contributed by atoms with Gasteiger partial charge in [-0.15, -0.1) is 0 Å². The molecule has 1 aliphatic rings. The zero-order valence-electron chi connectivity index (χ0n) is 13.5. The number of ketones is 1. The smallest absolute Gasteiger partial charge is 0.191 e. The van der Waals surface area contributed by atoms with Gasteiger partial charge < -0.3 is 10.2 Å². The van der Waals surface area contributed by atoms with Gasteiger partial charge in [0.1, 0.15) is 17.8 Å². The first-order valence-corrected chi connectivity index (χ1v) is 8.58. The van der Waals surface area contributed by atoms with Crippen molar-refractivity contribution in [2.45, 2.75) is 32.2 Å². The molecule has 0 unspecified atom stereocenters. The highest BCUT2D eigenvalue weighted by molar-refractivity contribution is 8.13. The molecule has 1 aromatic carbocycles. The monoisotopic (exact) mass is 347 g/mol. The third-order valence-corrected chi connectivity index (χ3v) is 4.87. The Morgan fingerprint density at radius 1 is 1.50 bits per heavy atom. The number of hydrogen-bond acceptors (Lipinski definition) is 6. The summed E-state index contributed by atoms with van der Waals surface area (Å²) in [7, 11) is 0. The number of carbonyl (C=O) groups is 1. The zero-order chi connectivity index (χ0) is 17.3. The van der Waals surface area contributed by atoms with Crippen LogP contribution in [0.25, 0.3) is 0 Å². The van der Waals surface area contributed by atoms with E-state index < -0.39 is 5.54 Å². The summed E-state index contributed by atoms with van der Waals surface area (Å²) in [5.74, 6) is 0.716. The molecule has 0 fully saturated rings. The van der Waals surface area contributed by atoms with E-state index in [0.29, 0.717) is 28.6 Å². The Kier molecular flexibility index (Phi) is 4.45. The van der Waals surface area contributed by atoms with Crippen LogP contribution in [0.15, 0.2) is 33.9 Å². The summed E-state index contributed by atoms with van der Waals surface area (Å²) < 4.78 is 19.4. The number of halogens is 1. The van der Waals surface area contributed by atoms with Crippen molar-refractivity contribution >= 4 is 22.7 Å². The number of nitrogens with zero attached hydrogens (tertiary/aromatic N) is 2. The fourth-order valence-corrected chi connectivity index (χ4v) is 3.72. The highest BCUT2D eigenvalue weighted by Gasteiger charge is 2.32. The lowest BCUT2D eigenvalue weighted by Gasteiger charge is -2.30. The summed E-state index contributed by atoms with van der Waals surface area (Å²) in [5, 5.41) is 0.461. The van der Waals surface area contributed by atoms with Gasteiger partial charge >= 0.3 is 0 Å². The van der Waals surface area contributed by atoms with Gasteiger partial charge in [-0.1, -0.05) is 17.8 Å². The Morgan fingerprint density at radius 2 is 2.29 bits per heavy atom. The first-order valence-electron chi connectivity index (χ1n) is 7.60. The van der Waals surface area contributed by atoms with E-state index >= 15 is 0 Å². The molecule has 24 heavy (non-hydrogen) atoms. The summed E-state index contributed by atoms with van der Waals surface area (Å²) in [4.78, 5) is 20.7. The minimum absolute atomic E-state index is 0.128. The van der Waals surface area contributed by atoms with E-state index in [-0.39, 0.29) is 23.7 Å². The molecule has 1 atom stereocenters. The molecule has 0 saturated heterocycles. The molecule has 0 aliphatic carbocycles. The molecule has 1 aliphatic heterocycles. The maximum atomic E-state index is 14.4. The molecule has 0 amide bonds. The molecular weight excluding hydrogens is 329 g/mol. The number of Topliss-reactive ketones (excluding diaryl/α,β-unsaturated/α-hetero) is 1. The number of thioether (sulfide) groups is 1. The van der Waals surface area contributed by atoms with E-state index in [4.69, 9.17) is 10.2 Å². The van der Waals surface area contributed by atoms with Crippen molar-refractivity contribution in [1.82, 2.24) is 4.98 Å². The maximum Gasteiger partial charge on any atom is 0.191 e. The zero-order valence-corrected chi connectivity index (χ0v) is 14.3. The van der Waals surface area contributed by atoms with Crippen molar-refractivity contribution in [2.75, 3.05) is 5.75 Å². The predicted octanol–water partition coefficient (Wildman–Crippen LogP) is 3.21. The molecule has 0 radical (unpaired) electrons. The second kappa shape index (κ2) is 6.39. The average Bonchev–Trinajstić information content (AvgIpc) is 2.95. The van der Waals surface area contributed by atoms with Crippen molar-refractivity contribution < 1.29 is 13.6 Å². The van der Waals surface area contributed by atoms with Gasteiger partial charge in [-0.05, 0) is 31.0 Å². The predicted molar refractivity (Wildman–Crippen MR) is 91.7 cm³/mol. The van der Waals surface area contributed by atoms with Crippen LogP contribution in [0.1, 0.15) is 40.9 Å². The van der Waals surface area contributed by atoms with Crippen LogP contribution in [0.2, 0.25) is 0 Å². The topological polar surface area (TPSA) is 81.5 Å². The van der Waals surface area contributed by atoms with Gasteiger partial charge in [0, 0.05) is 24.7 Å². The van der Waals surface area contributed by atoms with Crippen LogP contribution in [0.3, 0.4) is 0 Å². The molecule has 2 heterocycles. The lowest BCUT2D eigenvalue weighted by atomic mass is 9.87. The normalized spacial score (nSPS) is 20.7. The second-order valence-corrected chi connectivity index (χ2v) is 7.10. The Labute approximate surface area is 143 Å². The highest BCUT2D eigenvalue weighted by Crippen LogP contribution is 2.36. The molecule has 5 nitrogen and oxygen atoms in total. The van der Waals surface area contributed by atoms with Gasteiger partial charge in [-0.3, -0.25) is 9.79 Å². The van der Waals surface area contributed by atoms with Crippen LogP contribution >= 0.6 is 11.8 Å². The number of nitrogens with two attached hydrogens (primary N) is 1. The second-order valence-electron chi connectivity index (χ2n) is 5.99. The quantitative estimate of drug-likeness (QED) is 0.859. The van der Waals surface area contributed by atoms with Crippen LogP contribution in [-0.4, -0.2) is 21.7 Å². The number of hydrogen-bond donors (Lipinski definition) is 1. The van der Waals surface area contributed by atoms with Crippen molar-refractivity contribution in [1.29, 1.82) is 0 Å². The summed E-state index contributed by atoms with van der Waals surface area (Å²) >= 11 is 1.47. The molecule has 2 aromatic rings. The van der Waals surface area contributed by atoms with Crippen LogP contribution in [-0.2, 0) is 12.0 Å². The molecule has 1 aromatic heterocycles. The Morgan fingerprint density at radius 3 is 2.96 bits per heavy atom. The number of aromatic nitrogens is 1. The molecule has 0 saturated carbocycles. The Bertz CT molecular complexity index is 818. The molecule has 0 spiro atoms. The Balaban J connectivity index is 1.89. The summed E-state index contributed by atoms with van der Waals surface area (Å²) in [5.41, 5.74) is 6.56. The van der Waals surface area contributed by atoms with Crippen LogP contribution in [0.5, 0.6) is 0 Å². The number of carbonyl (C=O) groups excluding carboxylic acids is 1. The number of oxazole rings is 1. The number of amidine groups is 1. The van der Waals surface area contributed by atoms with Crippen LogP contribution in [0, 0.1) is 12.7 Å². The first kappa shape index (κ1) is 16.7. The lowest BCUT2D eigenvalue weighted by Crippen LogP contribution is -2.29. The molecular formula is C17H18FN3O2S. The van der Waals surface area contributed by atoms with Gasteiger partial charge in [0.15, 0.2) is 16.8 Å². The van der Waals surface area contributed by atoms with Crippen molar-refractivity contribution in [3.05, 3.63) is 53.0 Å². The van der Waals surface area contributed by atoms with E-state index in [2.05, 4.69) is 9.98 Å². The summed E-state index contributed by atoms with van der Waals surface area (Å²) in [6.07, 6.45) is 2.16. The van der Waals surface area contributed by atoms with E-state index in [1.165, 1.54) is 24.1 Å². The van der Waals surface area contributed by atoms with Crippen molar-refractivity contribution in [3.63, 3.8) is 0 Å². The summed E-state index contributed by atoms with van der Waals surface area (Å²) in [6, 6.07) is 4.69. The molecule has 2 N–H and O–H groups in total. The SMILES string of the molecule is Cc1nc(C(=O)Cc2ccc(F)c([C@]3(C)CCSC(N)=N3)c2)co1. The highest BCUT2D eigenvalue weighted by atomic mass is 32.2. The molecule has 7 heteroatoms. The molecule has 3 rings (SSSR count). The van der Waals surface area contributed by atoms with Crippen LogP contribution in [0.4, 0.5) is 4.39 Å². The molecule has 0 bridgehead atoms. The lowest BCUT2D eigenvalue weighted by molar-refractivity contribution is 0.0988. The van der Waals surface area contributed by atoms with Gasteiger partial charge in [-0.2, -0.15) is 0 Å².